The average molecular weight is 238 g/mol. The van der Waals surface area contributed by atoms with E-state index in [1.807, 2.05) is 0 Å². The van der Waals surface area contributed by atoms with Gasteiger partial charge in [-0.2, -0.15) is 0 Å². The summed E-state index contributed by atoms with van der Waals surface area (Å²) in [5.74, 6) is 1.58. The fourth-order valence-electron chi connectivity index (χ4n) is 5.82. The summed E-state index contributed by atoms with van der Waals surface area (Å²) in [6.07, 6.45) is 3.75. The number of fused-ring (bicyclic) bond motifs is 1. The molecule has 2 heteroatoms. The Morgan fingerprint density at radius 1 is 1.12 bits per heavy atom. The van der Waals surface area contributed by atoms with Gasteiger partial charge in [-0.15, -0.1) is 0 Å². The molecule has 0 aromatic carbocycles. The predicted molar refractivity (Wildman–Crippen MR) is 67.5 cm³/mol. The molecule has 6 atom stereocenters. The number of aliphatic hydroxyl groups excluding tert-OH is 1. The summed E-state index contributed by atoms with van der Waals surface area (Å²) in [7, 11) is 0. The molecule has 4 rings (SSSR count). The molecule has 0 aromatic heterocycles. The van der Waals surface area contributed by atoms with Crippen molar-refractivity contribution in [2.24, 2.45) is 28.6 Å². The number of hydrogen-bond donors (Lipinski definition) is 2. The third-order valence-electron chi connectivity index (χ3n) is 7.01. The van der Waals surface area contributed by atoms with Crippen molar-refractivity contribution in [1.82, 2.24) is 0 Å². The Kier molecular flexibility index (Phi) is 2.17. The van der Waals surface area contributed by atoms with E-state index in [9.17, 15) is 10.2 Å². The summed E-state index contributed by atoms with van der Waals surface area (Å²) < 4.78 is 0. The van der Waals surface area contributed by atoms with E-state index < -0.39 is 5.60 Å². The highest BCUT2D eigenvalue weighted by atomic mass is 16.3. The van der Waals surface area contributed by atoms with Crippen molar-refractivity contribution in [2.45, 2.75) is 65.1 Å². The van der Waals surface area contributed by atoms with E-state index in [0.717, 1.165) is 25.7 Å². The van der Waals surface area contributed by atoms with Crippen molar-refractivity contribution in [3.05, 3.63) is 0 Å². The van der Waals surface area contributed by atoms with E-state index in [-0.39, 0.29) is 22.9 Å². The van der Waals surface area contributed by atoms with Gasteiger partial charge in [0.05, 0.1) is 11.7 Å². The molecule has 0 aliphatic heterocycles. The van der Waals surface area contributed by atoms with Gasteiger partial charge in [0.15, 0.2) is 0 Å². The van der Waals surface area contributed by atoms with Crippen LogP contribution in [-0.4, -0.2) is 21.9 Å². The second kappa shape index (κ2) is 3.08. The Bertz CT molecular complexity index is 351. The lowest BCUT2D eigenvalue weighted by Gasteiger charge is -2.72. The van der Waals surface area contributed by atoms with Crippen LogP contribution in [-0.2, 0) is 0 Å². The van der Waals surface area contributed by atoms with Crippen molar-refractivity contribution in [3.63, 3.8) is 0 Å². The molecule has 4 saturated carbocycles. The fourth-order valence-corrected chi connectivity index (χ4v) is 5.82. The molecule has 2 N–H and O–H groups in total. The molecule has 4 bridgehead atoms. The average Bonchev–Trinajstić information content (AvgIpc) is 2.21. The van der Waals surface area contributed by atoms with Crippen LogP contribution in [0.5, 0.6) is 0 Å². The summed E-state index contributed by atoms with van der Waals surface area (Å²) in [6.45, 7) is 8.90. The van der Waals surface area contributed by atoms with Gasteiger partial charge in [0.25, 0.3) is 0 Å². The Morgan fingerprint density at radius 3 is 2.41 bits per heavy atom. The SMILES string of the molecule is C[C@H]1CC[C@@]2(O)C(C)(C)[C@H]3C[C@@H]1[C@]2(C)C[C@@H]3O. The molecule has 2 nitrogen and oxygen atoms in total. The van der Waals surface area contributed by atoms with Gasteiger partial charge < -0.3 is 10.2 Å². The zero-order chi connectivity index (χ0) is 12.6. The van der Waals surface area contributed by atoms with E-state index in [1.165, 1.54) is 0 Å². The van der Waals surface area contributed by atoms with Crippen LogP contribution < -0.4 is 0 Å². The molecule has 0 radical (unpaired) electrons. The van der Waals surface area contributed by atoms with Gasteiger partial charge in [-0.1, -0.05) is 27.7 Å². The number of hydrogen-bond acceptors (Lipinski definition) is 2. The van der Waals surface area contributed by atoms with Gasteiger partial charge in [0, 0.05) is 5.41 Å². The van der Waals surface area contributed by atoms with Gasteiger partial charge >= 0.3 is 0 Å². The van der Waals surface area contributed by atoms with Crippen molar-refractivity contribution < 1.29 is 10.2 Å². The third kappa shape index (κ3) is 1.10. The summed E-state index contributed by atoms with van der Waals surface area (Å²) >= 11 is 0. The number of aliphatic hydroxyl groups is 2. The molecule has 4 fully saturated rings. The summed E-state index contributed by atoms with van der Waals surface area (Å²) in [6, 6.07) is 0. The quantitative estimate of drug-likeness (QED) is 0.681. The monoisotopic (exact) mass is 238 g/mol. The molecule has 98 valence electrons. The van der Waals surface area contributed by atoms with Gasteiger partial charge in [0.1, 0.15) is 0 Å². The molecule has 0 heterocycles. The van der Waals surface area contributed by atoms with Crippen LogP contribution in [0.4, 0.5) is 0 Å². The summed E-state index contributed by atoms with van der Waals surface area (Å²) in [5.41, 5.74) is -0.794. The molecular formula is C15H26O2. The van der Waals surface area contributed by atoms with Crippen LogP contribution in [0, 0.1) is 28.6 Å². The lowest BCUT2D eigenvalue weighted by atomic mass is 9.35. The van der Waals surface area contributed by atoms with Crippen LogP contribution >= 0.6 is 0 Å². The molecule has 17 heavy (non-hydrogen) atoms. The maximum absolute atomic E-state index is 11.3. The van der Waals surface area contributed by atoms with Gasteiger partial charge in [-0.25, -0.2) is 0 Å². The van der Waals surface area contributed by atoms with Crippen molar-refractivity contribution in [1.29, 1.82) is 0 Å². The summed E-state index contributed by atoms with van der Waals surface area (Å²) in [5, 5.41) is 21.6. The van der Waals surface area contributed by atoms with Crippen LogP contribution in [0.1, 0.15) is 53.4 Å². The first-order valence-electron chi connectivity index (χ1n) is 7.14. The van der Waals surface area contributed by atoms with Crippen molar-refractivity contribution in [2.75, 3.05) is 0 Å². The molecule has 0 aromatic rings. The van der Waals surface area contributed by atoms with E-state index in [0.29, 0.717) is 11.8 Å². The topological polar surface area (TPSA) is 40.5 Å². The highest BCUT2D eigenvalue weighted by Gasteiger charge is 2.72. The zero-order valence-electron chi connectivity index (χ0n) is 11.5. The standard InChI is InChI=1S/C15H26O2/c1-9-5-6-15(17)13(2,3)11-7-10(9)14(15,4)8-12(11)16/h9-12,16-17H,5-8H2,1-4H3/t9-,10-,11-,12-,14-,15+/m0/s1. The molecule has 4 aliphatic rings. The molecule has 4 aliphatic carbocycles. The minimum absolute atomic E-state index is 0.0810. The minimum atomic E-state index is -0.570. The number of rotatable bonds is 0. The maximum atomic E-state index is 11.3. The molecule has 0 amide bonds. The second-order valence-corrected chi connectivity index (χ2v) is 7.74. The first-order valence-corrected chi connectivity index (χ1v) is 7.14. The highest BCUT2D eigenvalue weighted by molar-refractivity contribution is 5.21. The molecule has 0 saturated heterocycles. The predicted octanol–water partition coefficient (Wildman–Crippen LogP) is 2.58. The normalized spacial score (nSPS) is 60.4. The first kappa shape index (κ1) is 12.0. The lowest BCUT2D eigenvalue weighted by molar-refractivity contribution is -0.315. The lowest BCUT2D eigenvalue weighted by Crippen LogP contribution is -2.74. The Balaban J connectivity index is 2.14. The second-order valence-electron chi connectivity index (χ2n) is 7.74. The maximum Gasteiger partial charge on any atom is 0.0759 e. The van der Waals surface area contributed by atoms with E-state index in [1.54, 1.807) is 0 Å². The van der Waals surface area contributed by atoms with Crippen LogP contribution in [0.3, 0.4) is 0 Å². The largest absolute Gasteiger partial charge is 0.393 e. The molecule has 0 unspecified atom stereocenters. The third-order valence-corrected chi connectivity index (χ3v) is 7.01. The molecular weight excluding hydrogens is 212 g/mol. The Hall–Kier alpha value is -0.0800. The summed E-state index contributed by atoms with van der Waals surface area (Å²) in [4.78, 5) is 0. The van der Waals surface area contributed by atoms with Gasteiger partial charge in [0.2, 0.25) is 0 Å². The van der Waals surface area contributed by atoms with Crippen molar-refractivity contribution >= 4 is 0 Å². The first-order chi connectivity index (χ1) is 7.74. The van der Waals surface area contributed by atoms with Crippen LogP contribution in [0.25, 0.3) is 0 Å². The van der Waals surface area contributed by atoms with Gasteiger partial charge in [-0.3, -0.25) is 0 Å². The smallest absolute Gasteiger partial charge is 0.0759 e. The Labute approximate surface area is 104 Å². The zero-order valence-corrected chi connectivity index (χ0v) is 11.5. The van der Waals surface area contributed by atoms with Crippen LogP contribution in [0.15, 0.2) is 0 Å². The Morgan fingerprint density at radius 2 is 1.76 bits per heavy atom. The highest BCUT2D eigenvalue weighted by Crippen LogP contribution is 2.71. The van der Waals surface area contributed by atoms with Crippen molar-refractivity contribution in [3.8, 4) is 0 Å². The van der Waals surface area contributed by atoms with E-state index in [2.05, 4.69) is 27.7 Å². The van der Waals surface area contributed by atoms with Gasteiger partial charge in [-0.05, 0) is 48.9 Å². The van der Waals surface area contributed by atoms with Crippen LogP contribution in [0.2, 0.25) is 0 Å². The minimum Gasteiger partial charge on any atom is -0.393 e. The fraction of sp³-hybridized carbons (Fsp3) is 1.00. The van der Waals surface area contributed by atoms with E-state index >= 15 is 0 Å². The molecule has 0 spiro atoms. The van der Waals surface area contributed by atoms with E-state index in [4.69, 9.17) is 0 Å².